The molecule has 0 bridgehead atoms. The SMILES string of the molecule is CC(=O)NC1C(O)=C(O)C(CO)O[C@H]1OCCCCC(=O)NCCNC(=O)CCCCO[C@H](O)C(NC(C)=O)C(O)[C@@H](O)C(C)CO. The van der Waals surface area contributed by atoms with Crippen LogP contribution in [0.15, 0.2) is 11.5 Å². The van der Waals surface area contributed by atoms with E-state index >= 15 is 0 Å². The van der Waals surface area contributed by atoms with Crippen LogP contribution in [-0.2, 0) is 33.4 Å². The number of unbranched alkanes of at least 4 members (excludes halogenated alkanes) is 2. The van der Waals surface area contributed by atoms with E-state index in [1.807, 2.05) is 0 Å². The molecule has 18 nitrogen and oxygen atoms in total. The van der Waals surface area contributed by atoms with Crippen molar-refractivity contribution in [1.29, 1.82) is 0 Å². The fourth-order valence-corrected chi connectivity index (χ4v) is 4.46. The van der Waals surface area contributed by atoms with Crippen LogP contribution in [0.4, 0.5) is 0 Å². The van der Waals surface area contributed by atoms with Crippen molar-refractivity contribution in [1.82, 2.24) is 21.3 Å². The van der Waals surface area contributed by atoms with Crippen LogP contribution in [-0.4, -0.2) is 142 Å². The summed E-state index contributed by atoms with van der Waals surface area (Å²) in [6, 6.07) is -2.50. The van der Waals surface area contributed by atoms with E-state index in [0.717, 1.165) is 0 Å². The maximum Gasteiger partial charge on any atom is 0.220 e. The van der Waals surface area contributed by atoms with Gasteiger partial charge in [-0.25, -0.2) is 0 Å². The molecule has 8 atom stereocenters. The van der Waals surface area contributed by atoms with E-state index in [1.54, 1.807) is 0 Å². The highest BCUT2D eigenvalue weighted by Gasteiger charge is 2.39. The third-order valence-electron chi connectivity index (χ3n) is 7.16. The Morgan fingerprint density at radius 1 is 0.830 bits per heavy atom. The number of hydrogen-bond acceptors (Lipinski definition) is 14. The molecule has 47 heavy (non-hydrogen) atoms. The quantitative estimate of drug-likeness (QED) is 0.0387. The van der Waals surface area contributed by atoms with E-state index < -0.39 is 85.4 Å². The minimum atomic E-state index is -1.64. The van der Waals surface area contributed by atoms with Crippen molar-refractivity contribution in [3.8, 4) is 0 Å². The first-order valence-electron chi connectivity index (χ1n) is 15.6. The van der Waals surface area contributed by atoms with Gasteiger partial charge in [-0.05, 0) is 25.7 Å². The summed E-state index contributed by atoms with van der Waals surface area (Å²) in [7, 11) is 0. The molecule has 0 radical (unpaired) electrons. The Labute approximate surface area is 273 Å². The molecule has 1 aliphatic rings. The standard InChI is InChI=1S/C29H52N4O14/c1-16(14-34)24(40)26(42)22(32-17(2)36)28(44)45-12-6-4-8-20(38)30-10-11-31-21(39)9-5-7-13-46-29-23(33-18(3)37)27(43)25(41)19(15-35)47-29/h16,19,22-24,26,28-29,34-35,40-44H,4-15H2,1-3H3,(H,30,38)(H,31,39)(H,32,36)(H,33,37)/t16?,19?,22?,23?,24-,26?,28-,29+/m0/s1. The second-order valence-electron chi connectivity index (χ2n) is 11.2. The highest BCUT2D eigenvalue weighted by atomic mass is 16.7. The van der Waals surface area contributed by atoms with Crippen LogP contribution in [0.5, 0.6) is 0 Å². The first kappa shape index (κ1) is 41.9. The summed E-state index contributed by atoms with van der Waals surface area (Å²) in [6.45, 7) is 3.36. The summed E-state index contributed by atoms with van der Waals surface area (Å²) in [5, 5.41) is 79.5. The van der Waals surface area contributed by atoms with E-state index in [1.165, 1.54) is 20.8 Å². The molecule has 0 aromatic rings. The normalized spacial score (nSPS) is 21.2. The maximum absolute atomic E-state index is 12.1. The number of carbonyl (C=O) groups is 4. The lowest BCUT2D eigenvalue weighted by Crippen LogP contribution is -2.56. The zero-order chi connectivity index (χ0) is 35.5. The van der Waals surface area contributed by atoms with Crippen molar-refractivity contribution in [3.63, 3.8) is 0 Å². The number of aliphatic hydroxyl groups is 7. The lowest BCUT2D eigenvalue weighted by atomic mass is 9.95. The maximum atomic E-state index is 12.1. The van der Waals surface area contributed by atoms with Crippen molar-refractivity contribution in [2.45, 2.75) is 102 Å². The Morgan fingerprint density at radius 2 is 1.40 bits per heavy atom. The van der Waals surface area contributed by atoms with Crippen LogP contribution in [0.2, 0.25) is 0 Å². The molecule has 5 unspecified atom stereocenters. The Morgan fingerprint density at radius 3 is 1.91 bits per heavy atom. The summed E-state index contributed by atoms with van der Waals surface area (Å²) < 4.78 is 16.3. The highest BCUT2D eigenvalue weighted by Crippen LogP contribution is 2.24. The molecule has 0 saturated carbocycles. The van der Waals surface area contributed by atoms with Gasteiger partial charge >= 0.3 is 0 Å². The summed E-state index contributed by atoms with van der Waals surface area (Å²) in [5.41, 5.74) is 0. The fourth-order valence-electron chi connectivity index (χ4n) is 4.46. The van der Waals surface area contributed by atoms with E-state index in [-0.39, 0.29) is 51.0 Å². The molecule has 0 saturated heterocycles. The van der Waals surface area contributed by atoms with E-state index in [0.29, 0.717) is 25.7 Å². The van der Waals surface area contributed by atoms with Gasteiger partial charge in [-0.3, -0.25) is 19.2 Å². The predicted molar refractivity (Wildman–Crippen MR) is 163 cm³/mol. The van der Waals surface area contributed by atoms with E-state index in [2.05, 4.69) is 21.3 Å². The van der Waals surface area contributed by atoms with Gasteiger partial charge in [0.25, 0.3) is 0 Å². The zero-order valence-corrected chi connectivity index (χ0v) is 27.1. The second kappa shape index (κ2) is 22.5. The van der Waals surface area contributed by atoms with Gasteiger partial charge in [-0.2, -0.15) is 0 Å². The van der Waals surface area contributed by atoms with Crippen LogP contribution in [0.3, 0.4) is 0 Å². The monoisotopic (exact) mass is 680 g/mol. The van der Waals surface area contributed by atoms with Crippen molar-refractivity contribution in [2.75, 3.05) is 39.5 Å². The number of ether oxygens (including phenoxy) is 3. The third-order valence-corrected chi connectivity index (χ3v) is 7.16. The van der Waals surface area contributed by atoms with Gasteiger partial charge in [0.15, 0.2) is 24.1 Å². The van der Waals surface area contributed by atoms with Gasteiger partial charge in [-0.15, -0.1) is 0 Å². The Bertz CT molecular complexity index is 1020. The van der Waals surface area contributed by atoms with Crippen LogP contribution in [0.25, 0.3) is 0 Å². The van der Waals surface area contributed by atoms with Gasteiger partial charge in [0.2, 0.25) is 23.6 Å². The number of aliphatic hydroxyl groups excluding tert-OH is 7. The lowest BCUT2D eigenvalue weighted by Gasteiger charge is -2.34. The molecule has 4 amide bonds. The van der Waals surface area contributed by atoms with Gasteiger partial charge in [-0.1, -0.05) is 6.92 Å². The highest BCUT2D eigenvalue weighted by molar-refractivity contribution is 5.77. The van der Waals surface area contributed by atoms with Crippen LogP contribution in [0.1, 0.15) is 59.3 Å². The van der Waals surface area contributed by atoms with Gasteiger partial charge in [0.1, 0.15) is 24.3 Å². The summed E-state index contributed by atoms with van der Waals surface area (Å²) in [6.07, 6.45) is -5.07. The third kappa shape index (κ3) is 15.6. The summed E-state index contributed by atoms with van der Waals surface area (Å²) in [4.78, 5) is 47.1. The number of rotatable bonds is 23. The Balaban J connectivity index is 2.23. The van der Waals surface area contributed by atoms with E-state index in [4.69, 9.17) is 14.2 Å². The average molecular weight is 681 g/mol. The topological polar surface area (TPSA) is 286 Å². The molecule has 18 heteroatoms. The number of hydrogen-bond donors (Lipinski definition) is 11. The minimum absolute atomic E-state index is 0.000146. The Hall–Kier alpha value is -3.10. The van der Waals surface area contributed by atoms with Gasteiger partial charge in [0.05, 0.1) is 12.7 Å². The second-order valence-corrected chi connectivity index (χ2v) is 11.2. The Kier molecular flexibility index (Phi) is 20.0. The van der Waals surface area contributed by atoms with Crippen LogP contribution >= 0.6 is 0 Å². The molecular weight excluding hydrogens is 628 g/mol. The molecule has 1 heterocycles. The summed E-state index contributed by atoms with van der Waals surface area (Å²) >= 11 is 0. The van der Waals surface area contributed by atoms with Crippen molar-refractivity contribution in [2.24, 2.45) is 5.92 Å². The van der Waals surface area contributed by atoms with Gasteiger partial charge < -0.3 is 71.2 Å². The van der Waals surface area contributed by atoms with Crippen molar-refractivity contribution < 1.29 is 69.1 Å². The zero-order valence-electron chi connectivity index (χ0n) is 27.1. The summed E-state index contributed by atoms with van der Waals surface area (Å²) in [5.74, 6) is -3.44. The molecule has 1 aliphatic heterocycles. The molecule has 1 rings (SSSR count). The lowest BCUT2D eigenvalue weighted by molar-refractivity contribution is -0.202. The molecule has 0 aromatic carbocycles. The molecule has 11 N–H and O–H groups in total. The van der Waals surface area contributed by atoms with Crippen molar-refractivity contribution in [3.05, 3.63) is 11.5 Å². The number of amides is 4. The first-order valence-corrected chi connectivity index (χ1v) is 15.6. The first-order chi connectivity index (χ1) is 22.2. The van der Waals surface area contributed by atoms with Crippen LogP contribution in [0, 0.1) is 5.92 Å². The molecule has 272 valence electrons. The van der Waals surface area contributed by atoms with Gasteiger partial charge in [0, 0.05) is 65.5 Å². The van der Waals surface area contributed by atoms with E-state index in [9.17, 15) is 54.9 Å². The predicted octanol–water partition coefficient (Wildman–Crippen LogP) is -2.68. The number of carbonyl (C=O) groups excluding carboxylic acids is 4. The smallest absolute Gasteiger partial charge is 0.220 e. The molecule has 0 aliphatic carbocycles. The van der Waals surface area contributed by atoms with Crippen molar-refractivity contribution >= 4 is 23.6 Å². The fraction of sp³-hybridized carbons (Fsp3) is 0.793. The molecule has 0 fully saturated rings. The average Bonchev–Trinajstić information content (AvgIpc) is 3.03. The largest absolute Gasteiger partial charge is 0.506 e. The number of nitrogens with one attached hydrogen (secondary N) is 4. The molecular formula is C29H52N4O14. The molecule has 0 aromatic heterocycles. The molecule has 0 spiro atoms. The minimum Gasteiger partial charge on any atom is -0.506 e. The van der Waals surface area contributed by atoms with Crippen LogP contribution < -0.4 is 21.3 Å².